The lowest BCUT2D eigenvalue weighted by Gasteiger charge is -2.36. The molecule has 0 radical (unpaired) electrons. The van der Waals surface area contributed by atoms with E-state index in [-0.39, 0.29) is 17.2 Å². The number of nitrogens with two attached hydrogens (primary N) is 2. The van der Waals surface area contributed by atoms with Gasteiger partial charge in [-0.15, -0.1) is 11.3 Å². The topological polar surface area (TPSA) is 122 Å². The summed E-state index contributed by atoms with van der Waals surface area (Å²) >= 11 is 1.16. The molecule has 8 heteroatoms. The molecule has 2 amide bonds. The van der Waals surface area contributed by atoms with Crippen molar-refractivity contribution in [3.63, 3.8) is 0 Å². The summed E-state index contributed by atoms with van der Waals surface area (Å²) in [4.78, 5) is 25.7. The molecule has 1 fully saturated rings. The molecule has 0 bridgehead atoms. The molecule has 1 aromatic rings. The van der Waals surface area contributed by atoms with Gasteiger partial charge >= 0.3 is 0 Å². The van der Waals surface area contributed by atoms with Gasteiger partial charge < -0.3 is 26.8 Å². The third-order valence-corrected chi connectivity index (χ3v) is 5.00. The Bertz CT molecular complexity index is 572. The molecule has 0 saturated carbocycles. The molecule has 2 rings (SSSR count). The van der Waals surface area contributed by atoms with E-state index in [9.17, 15) is 14.7 Å². The van der Waals surface area contributed by atoms with Crippen LogP contribution in [0.3, 0.4) is 0 Å². The third-order valence-electron chi connectivity index (χ3n) is 3.73. The Kier molecular flexibility index (Phi) is 4.11. The first-order valence-corrected chi connectivity index (χ1v) is 7.50. The zero-order valence-corrected chi connectivity index (χ0v) is 12.9. The maximum absolute atomic E-state index is 11.8. The summed E-state index contributed by atoms with van der Waals surface area (Å²) < 4.78 is 0. The normalized spacial score (nSPS) is 17.6. The Labute approximate surface area is 126 Å². The molecule has 1 saturated heterocycles. The van der Waals surface area contributed by atoms with Crippen LogP contribution in [0.15, 0.2) is 0 Å². The number of carbonyl (C=O) groups is 2. The number of anilines is 2. The highest BCUT2D eigenvalue weighted by atomic mass is 32.1. The molecular weight excluding hydrogens is 292 g/mol. The standard InChI is InChI=1S/C13H20N4O3S/c1-13(20)3-5-17(6-4-13)12-7(10(15)18)8(14)9(21-12)11(19)16-2/h20H,3-6,14H2,1-2H3,(H2,15,18)(H,16,19). The predicted octanol–water partition coefficient (Wildman–Crippen LogP) is 0.140. The van der Waals surface area contributed by atoms with E-state index in [0.29, 0.717) is 35.8 Å². The van der Waals surface area contributed by atoms with Crippen molar-refractivity contribution in [3.05, 3.63) is 10.4 Å². The van der Waals surface area contributed by atoms with Gasteiger partial charge in [0.25, 0.3) is 11.8 Å². The molecule has 7 nitrogen and oxygen atoms in total. The molecular formula is C13H20N4O3S. The van der Waals surface area contributed by atoms with Gasteiger partial charge in [-0.2, -0.15) is 0 Å². The second kappa shape index (κ2) is 5.53. The maximum Gasteiger partial charge on any atom is 0.263 e. The lowest BCUT2D eigenvalue weighted by molar-refractivity contribution is 0.0352. The predicted molar refractivity (Wildman–Crippen MR) is 82.7 cm³/mol. The summed E-state index contributed by atoms with van der Waals surface area (Å²) in [5.41, 5.74) is 10.9. The monoisotopic (exact) mass is 312 g/mol. The van der Waals surface area contributed by atoms with Gasteiger partial charge in [0.1, 0.15) is 9.88 Å². The van der Waals surface area contributed by atoms with E-state index in [1.54, 1.807) is 6.92 Å². The molecule has 1 aliphatic heterocycles. The van der Waals surface area contributed by atoms with Crippen molar-refractivity contribution in [3.8, 4) is 0 Å². The Balaban J connectivity index is 2.39. The number of hydrogen-bond acceptors (Lipinski definition) is 6. The zero-order chi connectivity index (χ0) is 15.8. The van der Waals surface area contributed by atoms with Crippen molar-refractivity contribution in [1.29, 1.82) is 0 Å². The minimum Gasteiger partial charge on any atom is -0.397 e. The zero-order valence-electron chi connectivity index (χ0n) is 12.1. The van der Waals surface area contributed by atoms with E-state index in [4.69, 9.17) is 11.5 Å². The summed E-state index contributed by atoms with van der Waals surface area (Å²) in [5, 5.41) is 13.1. The molecule has 0 unspecified atom stereocenters. The molecule has 6 N–H and O–H groups in total. The molecule has 21 heavy (non-hydrogen) atoms. The van der Waals surface area contributed by atoms with Gasteiger partial charge in [-0.1, -0.05) is 0 Å². The van der Waals surface area contributed by atoms with Crippen LogP contribution in [-0.4, -0.2) is 42.7 Å². The fourth-order valence-electron chi connectivity index (χ4n) is 2.37. The average molecular weight is 312 g/mol. The van der Waals surface area contributed by atoms with Gasteiger partial charge in [-0.3, -0.25) is 9.59 Å². The quantitative estimate of drug-likeness (QED) is 0.632. The van der Waals surface area contributed by atoms with Crippen molar-refractivity contribution in [2.45, 2.75) is 25.4 Å². The van der Waals surface area contributed by atoms with Crippen LogP contribution in [0.2, 0.25) is 0 Å². The van der Waals surface area contributed by atoms with Crippen LogP contribution in [0.25, 0.3) is 0 Å². The number of nitrogens with zero attached hydrogens (tertiary/aromatic N) is 1. The van der Waals surface area contributed by atoms with Crippen LogP contribution in [0.4, 0.5) is 10.7 Å². The Morgan fingerprint density at radius 2 is 1.95 bits per heavy atom. The number of rotatable bonds is 3. The smallest absolute Gasteiger partial charge is 0.263 e. The van der Waals surface area contributed by atoms with Crippen LogP contribution < -0.4 is 21.7 Å². The van der Waals surface area contributed by atoms with Gasteiger partial charge in [-0.05, 0) is 19.8 Å². The van der Waals surface area contributed by atoms with Gasteiger partial charge in [0.15, 0.2) is 0 Å². The second-order valence-corrected chi connectivity index (χ2v) is 6.45. The van der Waals surface area contributed by atoms with Crippen LogP contribution in [0.5, 0.6) is 0 Å². The van der Waals surface area contributed by atoms with E-state index in [0.717, 1.165) is 11.3 Å². The number of primary amides is 1. The van der Waals surface area contributed by atoms with Crippen molar-refractivity contribution >= 4 is 33.8 Å². The Hall–Kier alpha value is -1.80. The molecule has 1 aromatic heterocycles. The van der Waals surface area contributed by atoms with Crippen molar-refractivity contribution < 1.29 is 14.7 Å². The number of piperidine rings is 1. The molecule has 1 aliphatic rings. The first kappa shape index (κ1) is 15.6. The molecule has 0 spiro atoms. The number of amides is 2. The Morgan fingerprint density at radius 3 is 2.43 bits per heavy atom. The fourth-order valence-corrected chi connectivity index (χ4v) is 3.59. The highest BCUT2D eigenvalue weighted by Gasteiger charge is 2.32. The summed E-state index contributed by atoms with van der Waals surface area (Å²) in [7, 11) is 1.50. The van der Waals surface area contributed by atoms with E-state index < -0.39 is 11.5 Å². The number of nitrogen functional groups attached to an aromatic ring is 1. The lowest BCUT2D eigenvalue weighted by atomic mass is 9.94. The van der Waals surface area contributed by atoms with Crippen LogP contribution in [0, 0.1) is 0 Å². The number of nitrogens with one attached hydrogen (secondary N) is 1. The molecule has 2 heterocycles. The number of aliphatic hydroxyl groups is 1. The van der Waals surface area contributed by atoms with E-state index >= 15 is 0 Å². The summed E-state index contributed by atoms with van der Waals surface area (Å²) in [6.07, 6.45) is 1.16. The molecule has 116 valence electrons. The third kappa shape index (κ3) is 2.96. The summed E-state index contributed by atoms with van der Waals surface area (Å²) in [6, 6.07) is 0. The number of hydrogen-bond donors (Lipinski definition) is 4. The van der Waals surface area contributed by atoms with Gasteiger partial charge in [0.05, 0.1) is 16.9 Å². The second-order valence-electron chi connectivity index (χ2n) is 5.45. The fraction of sp³-hybridized carbons (Fsp3) is 0.538. The molecule has 0 atom stereocenters. The minimum absolute atomic E-state index is 0.124. The first-order chi connectivity index (χ1) is 9.76. The van der Waals surface area contributed by atoms with Crippen LogP contribution in [-0.2, 0) is 0 Å². The highest BCUT2D eigenvalue weighted by molar-refractivity contribution is 7.19. The summed E-state index contributed by atoms with van der Waals surface area (Å²) in [5.74, 6) is -0.985. The number of carbonyl (C=O) groups excluding carboxylic acids is 2. The molecule has 0 aromatic carbocycles. The van der Waals surface area contributed by atoms with Crippen molar-refractivity contribution in [1.82, 2.24) is 5.32 Å². The van der Waals surface area contributed by atoms with Crippen molar-refractivity contribution in [2.24, 2.45) is 5.73 Å². The van der Waals surface area contributed by atoms with Gasteiger partial charge in [-0.25, -0.2) is 0 Å². The van der Waals surface area contributed by atoms with Crippen LogP contribution >= 0.6 is 11.3 Å². The Morgan fingerprint density at radius 1 is 1.38 bits per heavy atom. The summed E-state index contributed by atoms with van der Waals surface area (Å²) in [6.45, 7) is 2.96. The van der Waals surface area contributed by atoms with Gasteiger partial charge in [0, 0.05) is 20.1 Å². The minimum atomic E-state index is -0.699. The highest BCUT2D eigenvalue weighted by Crippen LogP contribution is 2.40. The molecule has 0 aliphatic carbocycles. The van der Waals surface area contributed by atoms with Gasteiger partial charge in [0.2, 0.25) is 0 Å². The maximum atomic E-state index is 11.8. The van der Waals surface area contributed by atoms with E-state index in [1.807, 2.05) is 4.90 Å². The largest absolute Gasteiger partial charge is 0.397 e. The SMILES string of the molecule is CNC(=O)c1sc(N2CCC(C)(O)CC2)c(C(N)=O)c1N. The van der Waals surface area contributed by atoms with E-state index in [1.165, 1.54) is 7.05 Å². The van der Waals surface area contributed by atoms with Crippen molar-refractivity contribution in [2.75, 3.05) is 30.8 Å². The van der Waals surface area contributed by atoms with E-state index in [2.05, 4.69) is 5.32 Å². The first-order valence-electron chi connectivity index (χ1n) is 6.68. The average Bonchev–Trinajstić information content (AvgIpc) is 2.75. The number of thiophene rings is 1. The van der Waals surface area contributed by atoms with Crippen LogP contribution in [0.1, 0.15) is 39.8 Å². The lowest BCUT2D eigenvalue weighted by Crippen LogP contribution is -2.42.